The van der Waals surface area contributed by atoms with Crippen molar-refractivity contribution in [2.75, 3.05) is 17.6 Å². The first-order valence-corrected chi connectivity index (χ1v) is 9.44. The molecule has 0 fully saturated rings. The van der Waals surface area contributed by atoms with Crippen molar-refractivity contribution < 1.29 is 17.9 Å². The van der Waals surface area contributed by atoms with E-state index in [1.807, 2.05) is 24.3 Å². The lowest BCUT2D eigenvalue weighted by atomic mass is 9.90. The molecule has 1 atom stereocenters. The first kappa shape index (κ1) is 15.3. The highest BCUT2D eigenvalue weighted by molar-refractivity contribution is 7.92. The second-order valence-electron chi connectivity index (χ2n) is 6.46. The molecule has 2 aliphatic heterocycles. The standard InChI is InChI=1S/C18H19NO4S/c1-12(2)15-10-19(16-6-4-3-5-14(15)16)24(20,21)13-7-8-17-18(9-13)23-11-22-17/h3-9,12,15H,10-11H2,1-2H3. The zero-order valence-electron chi connectivity index (χ0n) is 13.6. The van der Waals surface area contributed by atoms with Gasteiger partial charge in [-0.2, -0.15) is 0 Å². The second kappa shape index (κ2) is 5.41. The van der Waals surface area contributed by atoms with Crippen molar-refractivity contribution in [1.29, 1.82) is 0 Å². The van der Waals surface area contributed by atoms with E-state index in [0.717, 1.165) is 11.3 Å². The molecule has 2 aromatic carbocycles. The van der Waals surface area contributed by atoms with Gasteiger partial charge < -0.3 is 9.47 Å². The van der Waals surface area contributed by atoms with E-state index in [1.54, 1.807) is 18.2 Å². The molecular formula is C18H19NO4S. The fourth-order valence-electron chi connectivity index (χ4n) is 3.37. The number of hydrogen-bond acceptors (Lipinski definition) is 4. The molecule has 5 nitrogen and oxygen atoms in total. The summed E-state index contributed by atoms with van der Waals surface area (Å²) in [6.07, 6.45) is 0. The minimum atomic E-state index is -3.64. The zero-order chi connectivity index (χ0) is 16.9. The maximum absolute atomic E-state index is 13.2. The van der Waals surface area contributed by atoms with E-state index < -0.39 is 10.0 Å². The van der Waals surface area contributed by atoms with E-state index in [4.69, 9.17) is 9.47 Å². The summed E-state index contributed by atoms with van der Waals surface area (Å²) in [6, 6.07) is 12.5. The van der Waals surface area contributed by atoms with E-state index in [2.05, 4.69) is 13.8 Å². The maximum atomic E-state index is 13.2. The predicted octanol–water partition coefficient (Wildman–Crippen LogP) is 3.36. The van der Waals surface area contributed by atoms with Crippen molar-refractivity contribution in [2.24, 2.45) is 5.92 Å². The van der Waals surface area contributed by atoms with Crippen LogP contribution in [0, 0.1) is 5.92 Å². The van der Waals surface area contributed by atoms with Gasteiger partial charge in [-0.1, -0.05) is 32.0 Å². The van der Waals surface area contributed by atoms with Crippen molar-refractivity contribution >= 4 is 15.7 Å². The van der Waals surface area contributed by atoms with Crippen molar-refractivity contribution in [1.82, 2.24) is 0 Å². The van der Waals surface area contributed by atoms with E-state index in [9.17, 15) is 8.42 Å². The number of benzene rings is 2. The van der Waals surface area contributed by atoms with Gasteiger partial charge in [0.25, 0.3) is 10.0 Å². The summed E-state index contributed by atoms with van der Waals surface area (Å²) in [5.74, 6) is 1.62. The van der Waals surface area contributed by atoms with Crippen molar-refractivity contribution in [3.05, 3.63) is 48.0 Å². The molecule has 0 bridgehead atoms. The molecule has 0 saturated carbocycles. The van der Waals surface area contributed by atoms with Crippen LogP contribution in [-0.4, -0.2) is 21.8 Å². The summed E-state index contributed by atoms with van der Waals surface area (Å²) in [5, 5.41) is 0. The number of hydrogen-bond donors (Lipinski definition) is 0. The number of fused-ring (bicyclic) bond motifs is 2. The van der Waals surface area contributed by atoms with Crippen LogP contribution < -0.4 is 13.8 Å². The summed E-state index contributed by atoms with van der Waals surface area (Å²) >= 11 is 0. The number of sulfonamides is 1. The smallest absolute Gasteiger partial charge is 0.264 e. The summed E-state index contributed by atoms with van der Waals surface area (Å²) in [6.45, 7) is 4.84. The Balaban J connectivity index is 1.78. The van der Waals surface area contributed by atoms with Crippen LogP contribution in [0.15, 0.2) is 47.4 Å². The molecule has 0 N–H and O–H groups in total. The van der Waals surface area contributed by atoms with Crippen molar-refractivity contribution in [3.63, 3.8) is 0 Å². The summed E-state index contributed by atoms with van der Waals surface area (Å²) in [7, 11) is -3.64. The normalized spacial score (nSPS) is 19.0. The molecule has 2 heterocycles. The third-order valence-electron chi connectivity index (χ3n) is 4.70. The molecular weight excluding hydrogens is 326 g/mol. The molecule has 1 unspecified atom stereocenters. The van der Waals surface area contributed by atoms with Crippen LogP contribution in [0.1, 0.15) is 25.3 Å². The topological polar surface area (TPSA) is 55.8 Å². The van der Waals surface area contributed by atoms with Crippen molar-refractivity contribution in [3.8, 4) is 11.5 Å². The van der Waals surface area contributed by atoms with Gasteiger partial charge in [-0.25, -0.2) is 8.42 Å². The first-order chi connectivity index (χ1) is 11.5. The molecule has 2 aliphatic rings. The lowest BCUT2D eigenvalue weighted by Gasteiger charge is -2.21. The largest absolute Gasteiger partial charge is 0.454 e. The summed E-state index contributed by atoms with van der Waals surface area (Å²) < 4.78 is 38.5. The molecule has 0 aromatic heterocycles. The molecule has 4 rings (SSSR count). The fourth-order valence-corrected chi connectivity index (χ4v) is 4.90. The quantitative estimate of drug-likeness (QED) is 0.856. The van der Waals surface area contributed by atoms with Crippen LogP contribution in [0.3, 0.4) is 0 Å². The van der Waals surface area contributed by atoms with Gasteiger partial charge >= 0.3 is 0 Å². The Kier molecular flexibility index (Phi) is 3.46. The maximum Gasteiger partial charge on any atom is 0.264 e. The minimum Gasteiger partial charge on any atom is -0.454 e. The van der Waals surface area contributed by atoms with Gasteiger partial charge in [-0.15, -0.1) is 0 Å². The fraction of sp³-hybridized carbons (Fsp3) is 0.333. The third-order valence-corrected chi connectivity index (χ3v) is 6.48. The molecule has 0 saturated heterocycles. The predicted molar refractivity (Wildman–Crippen MR) is 91.1 cm³/mol. The van der Waals surface area contributed by atoms with E-state index in [0.29, 0.717) is 24.0 Å². The molecule has 0 radical (unpaired) electrons. The number of para-hydroxylation sites is 1. The second-order valence-corrected chi connectivity index (χ2v) is 8.32. The number of anilines is 1. The van der Waals surface area contributed by atoms with Gasteiger partial charge in [0.2, 0.25) is 6.79 Å². The Bertz CT molecular complexity index is 892. The van der Waals surface area contributed by atoms with Gasteiger partial charge in [0.1, 0.15) is 0 Å². The summed E-state index contributed by atoms with van der Waals surface area (Å²) in [5.41, 5.74) is 1.87. The van der Waals surface area contributed by atoms with Gasteiger partial charge in [-0.05, 0) is 29.7 Å². The molecule has 0 spiro atoms. The average Bonchev–Trinajstić information content (AvgIpc) is 3.18. The molecule has 2 aromatic rings. The number of nitrogens with zero attached hydrogens (tertiary/aromatic N) is 1. The van der Waals surface area contributed by atoms with Crippen molar-refractivity contribution in [2.45, 2.75) is 24.7 Å². The zero-order valence-corrected chi connectivity index (χ0v) is 14.4. The highest BCUT2D eigenvalue weighted by atomic mass is 32.2. The number of rotatable bonds is 3. The Labute approximate surface area is 141 Å². The lowest BCUT2D eigenvalue weighted by Crippen LogP contribution is -2.30. The molecule has 24 heavy (non-hydrogen) atoms. The SMILES string of the molecule is CC(C)C1CN(S(=O)(=O)c2ccc3c(c2)OCO3)c2ccccc21. The van der Waals surface area contributed by atoms with Gasteiger partial charge in [-0.3, -0.25) is 4.31 Å². The molecule has 0 amide bonds. The average molecular weight is 345 g/mol. The van der Waals surface area contributed by atoms with Crippen LogP contribution in [-0.2, 0) is 10.0 Å². The van der Waals surface area contributed by atoms with Crippen LogP contribution in [0.2, 0.25) is 0 Å². The number of ether oxygens (including phenoxy) is 2. The van der Waals surface area contributed by atoms with Gasteiger partial charge in [0.15, 0.2) is 11.5 Å². The van der Waals surface area contributed by atoms with Gasteiger partial charge in [0, 0.05) is 18.5 Å². The van der Waals surface area contributed by atoms with Crippen LogP contribution in [0.4, 0.5) is 5.69 Å². The Morgan fingerprint density at radius 2 is 1.83 bits per heavy atom. The Morgan fingerprint density at radius 3 is 2.62 bits per heavy atom. The van der Waals surface area contributed by atoms with E-state index in [-0.39, 0.29) is 17.6 Å². The van der Waals surface area contributed by atoms with Crippen LogP contribution in [0.25, 0.3) is 0 Å². The Morgan fingerprint density at radius 1 is 1.08 bits per heavy atom. The highest BCUT2D eigenvalue weighted by Crippen LogP contribution is 2.43. The first-order valence-electron chi connectivity index (χ1n) is 8.00. The molecule has 0 aliphatic carbocycles. The lowest BCUT2D eigenvalue weighted by molar-refractivity contribution is 0.174. The highest BCUT2D eigenvalue weighted by Gasteiger charge is 2.38. The molecule has 6 heteroatoms. The third kappa shape index (κ3) is 2.24. The van der Waals surface area contributed by atoms with E-state index >= 15 is 0 Å². The van der Waals surface area contributed by atoms with Gasteiger partial charge in [0.05, 0.1) is 10.6 Å². The van der Waals surface area contributed by atoms with E-state index in [1.165, 1.54) is 4.31 Å². The van der Waals surface area contributed by atoms with Crippen LogP contribution >= 0.6 is 0 Å². The monoisotopic (exact) mass is 345 g/mol. The minimum absolute atomic E-state index is 0.126. The van der Waals surface area contributed by atoms with Crippen LogP contribution in [0.5, 0.6) is 11.5 Å². The summed E-state index contributed by atoms with van der Waals surface area (Å²) in [4.78, 5) is 0.228. The Hall–Kier alpha value is -2.21. The molecule has 126 valence electrons.